The van der Waals surface area contributed by atoms with Gasteiger partial charge < -0.3 is 10.1 Å². The van der Waals surface area contributed by atoms with Crippen molar-refractivity contribution in [1.82, 2.24) is 9.62 Å². The number of hydrogen-bond donors (Lipinski definition) is 1. The smallest absolute Gasteiger partial charge is 0.328 e. The maximum absolute atomic E-state index is 13.1. The number of esters is 1. The van der Waals surface area contributed by atoms with Crippen LogP contribution in [0.15, 0.2) is 29.2 Å². The molecule has 1 aromatic rings. The van der Waals surface area contributed by atoms with Crippen LogP contribution in [-0.2, 0) is 24.3 Å². The average Bonchev–Trinajstić information content (AvgIpc) is 2.60. The molecule has 1 saturated heterocycles. The molecule has 1 aliphatic heterocycles. The zero-order valence-electron chi connectivity index (χ0n) is 17.2. The number of amides is 1. The van der Waals surface area contributed by atoms with Gasteiger partial charge in [0.25, 0.3) is 0 Å². The number of aryl methyl sites for hydroxylation is 1. The quantitative estimate of drug-likeness (QED) is 0.753. The van der Waals surface area contributed by atoms with Gasteiger partial charge in [-0.15, -0.1) is 0 Å². The van der Waals surface area contributed by atoms with Gasteiger partial charge in [-0.1, -0.05) is 24.1 Å². The lowest BCUT2D eigenvalue weighted by Gasteiger charge is -2.34. The molecule has 1 aliphatic rings. The van der Waals surface area contributed by atoms with Crippen LogP contribution >= 0.6 is 0 Å². The van der Waals surface area contributed by atoms with Gasteiger partial charge in [0.1, 0.15) is 17.7 Å². The molecule has 0 spiro atoms. The number of hydrogen-bond acceptors (Lipinski definition) is 5. The third-order valence-electron chi connectivity index (χ3n) is 4.50. The van der Waals surface area contributed by atoms with E-state index in [4.69, 9.17) is 4.74 Å². The maximum atomic E-state index is 13.1. The van der Waals surface area contributed by atoms with Crippen LogP contribution in [-0.4, -0.2) is 48.8 Å². The Morgan fingerprint density at radius 1 is 1.18 bits per heavy atom. The summed E-state index contributed by atoms with van der Waals surface area (Å²) in [4.78, 5) is 25.1. The first-order chi connectivity index (χ1) is 12.9. The standard InChI is InChI=1S/C20H30N2O5S/c1-14-9-11-16(12-10-14)28(25,26)22-13-7-6-8-17(22)18(23)21-15(2)19(24)27-20(3,4)5/h9-12,15,17H,6-8,13H2,1-5H3,(H,21,23)/t15-,17?/m1/s1. The van der Waals surface area contributed by atoms with Gasteiger partial charge in [-0.3, -0.25) is 4.79 Å². The Morgan fingerprint density at radius 2 is 1.79 bits per heavy atom. The molecule has 2 atom stereocenters. The Morgan fingerprint density at radius 3 is 2.36 bits per heavy atom. The molecule has 0 radical (unpaired) electrons. The van der Waals surface area contributed by atoms with Crippen molar-refractivity contribution in [1.29, 1.82) is 0 Å². The van der Waals surface area contributed by atoms with Crippen LogP contribution in [0.5, 0.6) is 0 Å². The molecule has 1 unspecified atom stereocenters. The molecule has 1 N–H and O–H groups in total. The van der Waals surface area contributed by atoms with E-state index in [9.17, 15) is 18.0 Å². The first-order valence-corrected chi connectivity index (χ1v) is 11.0. The highest BCUT2D eigenvalue weighted by molar-refractivity contribution is 7.89. The van der Waals surface area contributed by atoms with Crippen molar-refractivity contribution in [2.24, 2.45) is 0 Å². The number of carbonyl (C=O) groups excluding carboxylic acids is 2. The van der Waals surface area contributed by atoms with Crippen molar-refractivity contribution < 1.29 is 22.7 Å². The van der Waals surface area contributed by atoms with Crippen LogP contribution in [0.2, 0.25) is 0 Å². The summed E-state index contributed by atoms with van der Waals surface area (Å²) in [6.07, 6.45) is 1.85. The third kappa shape index (κ3) is 5.54. The molecule has 7 nitrogen and oxygen atoms in total. The van der Waals surface area contributed by atoms with Gasteiger partial charge >= 0.3 is 5.97 Å². The number of rotatable bonds is 5. The van der Waals surface area contributed by atoms with Gasteiger partial charge in [0, 0.05) is 6.54 Å². The lowest BCUT2D eigenvalue weighted by Crippen LogP contribution is -2.54. The third-order valence-corrected chi connectivity index (χ3v) is 6.43. The molecule has 1 heterocycles. The van der Waals surface area contributed by atoms with Crippen LogP contribution in [0.1, 0.15) is 52.5 Å². The Balaban J connectivity index is 2.17. The summed E-state index contributed by atoms with van der Waals surface area (Å²) < 4.78 is 32.7. The van der Waals surface area contributed by atoms with Crippen molar-refractivity contribution >= 4 is 21.9 Å². The molecule has 1 fully saturated rings. The second kappa shape index (κ2) is 8.61. The first kappa shape index (κ1) is 22.4. The average molecular weight is 411 g/mol. The summed E-state index contributed by atoms with van der Waals surface area (Å²) in [5.74, 6) is -1.03. The monoisotopic (exact) mass is 410 g/mol. The zero-order chi connectivity index (χ0) is 21.1. The van der Waals surface area contributed by atoms with Crippen LogP contribution in [0.3, 0.4) is 0 Å². The minimum atomic E-state index is -3.80. The maximum Gasteiger partial charge on any atom is 0.328 e. The topological polar surface area (TPSA) is 92.8 Å². The largest absolute Gasteiger partial charge is 0.458 e. The van der Waals surface area contributed by atoms with Gasteiger partial charge in [-0.2, -0.15) is 4.31 Å². The van der Waals surface area contributed by atoms with Crippen LogP contribution in [0.25, 0.3) is 0 Å². The lowest BCUT2D eigenvalue weighted by atomic mass is 10.0. The van der Waals surface area contributed by atoms with Crippen LogP contribution < -0.4 is 5.32 Å². The molecule has 0 aliphatic carbocycles. The van der Waals surface area contributed by atoms with Crippen molar-refractivity contribution in [3.05, 3.63) is 29.8 Å². The highest BCUT2D eigenvalue weighted by Gasteiger charge is 2.38. The molecule has 2 rings (SSSR count). The van der Waals surface area contributed by atoms with E-state index in [2.05, 4.69) is 5.32 Å². The van der Waals surface area contributed by atoms with E-state index in [1.165, 1.54) is 11.2 Å². The number of nitrogens with one attached hydrogen (secondary N) is 1. The molecule has 1 aromatic carbocycles. The summed E-state index contributed by atoms with van der Waals surface area (Å²) in [5, 5.41) is 2.62. The second-order valence-corrected chi connectivity index (χ2v) is 10.1. The van der Waals surface area contributed by atoms with Gasteiger partial charge in [0.05, 0.1) is 4.90 Å². The number of sulfonamides is 1. The van der Waals surface area contributed by atoms with Crippen molar-refractivity contribution in [3.63, 3.8) is 0 Å². The number of nitrogens with zero attached hydrogens (tertiary/aromatic N) is 1. The van der Waals surface area contributed by atoms with Crippen LogP contribution in [0.4, 0.5) is 0 Å². The highest BCUT2D eigenvalue weighted by Crippen LogP contribution is 2.26. The van der Waals surface area contributed by atoms with Crippen molar-refractivity contribution in [2.75, 3.05) is 6.54 Å². The van der Waals surface area contributed by atoms with E-state index < -0.39 is 39.6 Å². The number of piperidine rings is 1. The fourth-order valence-corrected chi connectivity index (χ4v) is 4.72. The molecule has 0 aromatic heterocycles. The molecule has 1 amide bonds. The number of ether oxygens (including phenoxy) is 1. The summed E-state index contributed by atoms with van der Waals surface area (Å²) in [6, 6.07) is 4.87. The van der Waals surface area contributed by atoms with E-state index in [1.807, 2.05) is 6.92 Å². The van der Waals surface area contributed by atoms with E-state index in [0.29, 0.717) is 12.8 Å². The van der Waals surface area contributed by atoms with Crippen LogP contribution in [0, 0.1) is 6.92 Å². The van der Waals surface area contributed by atoms with E-state index in [1.54, 1.807) is 45.0 Å². The summed E-state index contributed by atoms with van der Waals surface area (Å²) in [6.45, 7) is 8.93. The number of carbonyl (C=O) groups is 2. The van der Waals surface area contributed by atoms with Gasteiger partial charge in [0.15, 0.2) is 0 Å². The minimum absolute atomic E-state index is 0.165. The highest BCUT2D eigenvalue weighted by atomic mass is 32.2. The summed E-state index contributed by atoms with van der Waals surface area (Å²) >= 11 is 0. The van der Waals surface area contributed by atoms with Crippen molar-refractivity contribution in [2.45, 2.75) is 76.5 Å². The fraction of sp³-hybridized carbons (Fsp3) is 0.600. The molecule has 28 heavy (non-hydrogen) atoms. The van der Waals surface area contributed by atoms with E-state index in [0.717, 1.165) is 12.0 Å². The summed E-state index contributed by atoms with van der Waals surface area (Å²) in [7, 11) is -3.80. The minimum Gasteiger partial charge on any atom is -0.458 e. The summed E-state index contributed by atoms with van der Waals surface area (Å²) in [5.41, 5.74) is 0.292. The van der Waals surface area contributed by atoms with Gasteiger partial charge in [-0.25, -0.2) is 13.2 Å². The normalized spacial score (nSPS) is 19.7. The Hall–Kier alpha value is -1.93. The fourth-order valence-electron chi connectivity index (χ4n) is 3.06. The van der Waals surface area contributed by atoms with Gasteiger partial charge in [0.2, 0.25) is 15.9 Å². The number of benzene rings is 1. The van der Waals surface area contributed by atoms with Crippen molar-refractivity contribution in [3.8, 4) is 0 Å². The Bertz CT molecular complexity index is 812. The van der Waals surface area contributed by atoms with Gasteiger partial charge in [-0.05, 0) is 59.6 Å². The van der Waals surface area contributed by atoms with E-state index in [-0.39, 0.29) is 11.4 Å². The Kier molecular flexibility index (Phi) is 6.88. The SMILES string of the molecule is Cc1ccc(S(=O)(=O)N2CCCCC2C(=O)N[C@H](C)C(=O)OC(C)(C)C)cc1. The Labute approximate surface area is 167 Å². The first-order valence-electron chi connectivity index (χ1n) is 9.53. The molecule has 156 valence electrons. The lowest BCUT2D eigenvalue weighted by molar-refractivity contribution is -0.158. The molecular formula is C20H30N2O5S. The zero-order valence-corrected chi connectivity index (χ0v) is 18.0. The molecule has 0 bridgehead atoms. The molecular weight excluding hydrogens is 380 g/mol. The predicted molar refractivity (Wildman–Crippen MR) is 106 cm³/mol. The predicted octanol–water partition coefficient (Wildman–Crippen LogP) is 2.38. The molecule has 0 saturated carbocycles. The second-order valence-electron chi connectivity index (χ2n) is 8.20. The molecule has 8 heteroatoms. The van der Waals surface area contributed by atoms with E-state index >= 15 is 0 Å².